The highest BCUT2D eigenvalue weighted by molar-refractivity contribution is 6.36. The molecule has 1 aliphatic carbocycles. The fraction of sp³-hybridized carbons (Fsp3) is 0.300. The average Bonchev–Trinajstić information content (AvgIpc) is 3.43. The van der Waals surface area contributed by atoms with E-state index in [9.17, 15) is 9.59 Å². The summed E-state index contributed by atoms with van der Waals surface area (Å²) in [5.41, 5.74) is 1.75. The summed E-state index contributed by atoms with van der Waals surface area (Å²) in [6, 6.07) is 15.1. The van der Waals surface area contributed by atoms with Crippen LogP contribution >= 0.6 is 23.2 Å². The van der Waals surface area contributed by atoms with E-state index in [-0.39, 0.29) is 24.3 Å². The molecular weight excluding hydrogens is 373 g/mol. The molecule has 0 aromatic heterocycles. The summed E-state index contributed by atoms with van der Waals surface area (Å²) in [4.78, 5) is 23.9. The Bertz CT molecular complexity index is 784. The molecule has 0 radical (unpaired) electrons. The lowest BCUT2D eigenvalue weighted by molar-refractivity contribution is -0.147. The molecule has 0 atom stereocenters. The van der Waals surface area contributed by atoms with Gasteiger partial charge in [0, 0.05) is 27.6 Å². The maximum absolute atomic E-state index is 12.0. The van der Waals surface area contributed by atoms with Crippen molar-refractivity contribution >= 4 is 35.1 Å². The lowest BCUT2D eigenvalue weighted by atomic mass is 9.96. The number of halogens is 2. The second-order valence-corrected chi connectivity index (χ2v) is 7.28. The molecule has 0 spiro atoms. The molecule has 3 rings (SSSR count). The summed E-state index contributed by atoms with van der Waals surface area (Å²) >= 11 is 12.1. The summed E-state index contributed by atoms with van der Waals surface area (Å²) in [6.07, 6.45) is 2.02. The van der Waals surface area contributed by atoms with E-state index in [0.29, 0.717) is 22.2 Å². The molecular formula is C20H19Cl2NO3. The lowest BCUT2D eigenvalue weighted by Gasteiger charge is -2.16. The fourth-order valence-corrected chi connectivity index (χ4v) is 3.40. The lowest BCUT2D eigenvalue weighted by Crippen LogP contribution is -2.35. The zero-order chi connectivity index (χ0) is 18.6. The Labute approximate surface area is 162 Å². The van der Waals surface area contributed by atoms with Crippen molar-refractivity contribution < 1.29 is 14.3 Å². The van der Waals surface area contributed by atoms with Gasteiger partial charge in [-0.05, 0) is 30.5 Å². The third-order valence-corrected chi connectivity index (χ3v) is 5.32. The van der Waals surface area contributed by atoms with Crippen molar-refractivity contribution in [3.05, 3.63) is 69.7 Å². The normalized spacial score (nSPS) is 14.5. The van der Waals surface area contributed by atoms with Gasteiger partial charge in [0.05, 0.1) is 6.42 Å². The minimum atomic E-state index is -0.542. The number of benzene rings is 2. The summed E-state index contributed by atoms with van der Waals surface area (Å²) in [6.45, 7) is 0.232. The van der Waals surface area contributed by atoms with E-state index in [1.807, 2.05) is 18.2 Å². The van der Waals surface area contributed by atoms with Crippen molar-refractivity contribution in [1.82, 2.24) is 5.32 Å². The Morgan fingerprint density at radius 1 is 1.00 bits per heavy atom. The van der Waals surface area contributed by atoms with Crippen LogP contribution in [0.1, 0.15) is 24.0 Å². The van der Waals surface area contributed by atoms with Crippen LogP contribution in [0.5, 0.6) is 0 Å². The molecule has 1 fully saturated rings. The van der Waals surface area contributed by atoms with E-state index >= 15 is 0 Å². The minimum absolute atomic E-state index is 0.0199. The van der Waals surface area contributed by atoms with Crippen molar-refractivity contribution in [3.8, 4) is 0 Å². The molecule has 1 amide bonds. The zero-order valence-electron chi connectivity index (χ0n) is 14.1. The standard InChI is InChI=1S/C20H19Cl2NO3/c21-16-7-4-8-17(22)15(16)11-19(25)26-12-18(24)23-13-20(9-10-20)14-5-2-1-3-6-14/h1-8H,9-13H2,(H,23,24). The number of esters is 1. The Morgan fingerprint density at radius 2 is 1.65 bits per heavy atom. The van der Waals surface area contributed by atoms with E-state index in [0.717, 1.165) is 12.8 Å². The molecule has 1 aliphatic rings. The van der Waals surface area contributed by atoms with Crippen LogP contribution in [-0.2, 0) is 26.2 Å². The van der Waals surface area contributed by atoms with E-state index in [1.54, 1.807) is 18.2 Å². The minimum Gasteiger partial charge on any atom is -0.455 e. The molecule has 0 saturated heterocycles. The first kappa shape index (κ1) is 18.7. The van der Waals surface area contributed by atoms with Crippen molar-refractivity contribution in [2.75, 3.05) is 13.2 Å². The van der Waals surface area contributed by atoms with Gasteiger partial charge in [-0.15, -0.1) is 0 Å². The topological polar surface area (TPSA) is 55.4 Å². The maximum Gasteiger partial charge on any atom is 0.310 e. The third-order valence-electron chi connectivity index (χ3n) is 4.61. The smallest absolute Gasteiger partial charge is 0.310 e. The number of carbonyl (C=O) groups is 2. The predicted octanol–water partition coefficient (Wildman–Crippen LogP) is 3.93. The highest BCUT2D eigenvalue weighted by Crippen LogP contribution is 2.47. The van der Waals surface area contributed by atoms with Gasteiger partial charge >= 0.3 is 5.97 Å². The van der Waals surface area contributed by atoms with Gasteiger partial charge in [0.15, 0.2) is 6.61 Å². The predicted molar refractivity (Wildman–Crippen MR) is 101 cm³/mol. The van der Waals surface area contributed by atoms with Gasteiger partial charge in [-0.25, -0.2) is 0 Å². The van der Waals surface area contributed by atoms with Crippen LogP contribution in [0.3, 0.4) is 0 Å². The van der Waals surface area contributed by atoms with Gasteiger partial charge in [0.2, 0.25) is 0 Å². The number of rotatable bonds is 7. The molecule has 0 heterocycles. The molecule has 2 aromatic carbocycles. The largest absolute Gasteiger partial charge is 0.455 e. The quantitative estimate of drug-likeness (QED) is 0.727. The number of carbonyl (C=O) groups excluding carboxylic acids is 2. The van der Waals surface area contributed by atoms with Crippen molar-refractivity contribution in [3.63, 3.8) is 0 Å². The number of hydrogen-bond acceptors (Lipinski definition) is 3. The average molecular weight is 392 g/mol. The molecule has 1 saturated carbocycles. The van der Waals surface area contributed by atoms with E-state index in [2.05, 4.69) is 17.4 Å². The first-order valence-electron chi connectivity index (χ1n) is 8.41. The summed E-state index contributed by atoms with van der Waals surface area (Å²) in [5.74, 6) is -0.856. The molecule has 0 aliphatic heterocycles. The van der Waals surface area contributed by atoms with Gasteiger partial charge < -0.3 is 10.1 Å². The molecule has 26 heavy (non-hydrogen) atoms. The van der Waals surface area contributed by atoms with E-state index in [4.69, 9.17) is 27.9 Å². The Hall–Kier alpha value is -2.04. The number of amides is 1. The van der Waals surface area contributed by atoms with Crippen LogP contribution in [0.25, 0.3) is 0 Å². The van der Waals surface area contributed by atoms with Gasteiger partial charge in [0.25, 0.3) is 5.91 Å². The van der Waals surface area contributed by atoms with E-state index in [1.165, 1.54) is 5.56 Å². The monoisotopic (exact) mass is 391 g/mol. The maximum atomic E-state index is 12.0. The molecule has 2 aromatic rings. The fourth-order valence-electron chi connectivity index (χ4n) is 2.87. The Morgan fingerprint density at radius 3 is 2.27 bits per heavy atom. The van der Waals surface area contributed by atoms with Crippen LogP contribution in [-0.4, -0.2) is 25.0 Å². The van der Waals surface area contributed by atoms with Crippen molar-refractivity contribution in [1.29, 1.82) is 0 Å². The van der Waals surface area contributed by atoms with Crippen molar-refractivity contribution in [2.45, 2.75) is 24.7 Å². The number of hydrogen-bond donors (Lipinski definition) is 1. The van der Waals surface area contributed by atoms with Gasteiger partial charge in [0.1, 0.15) is 0 Å². The summed E-state index contributed by atoms with van der Waals surface area (Å²) in [5, 5.41) is 3.66. The molecule has 1 N–H and O–H groups in total. The van der Waals surface area contributed by atoms with Gasteiger partial charge in [-0.2, -0.15) is 0 Å². The number of ether oxygens (including phenoxy) is 1. The van der Waals surface area contributed by atoms with Crippen LogP contribution in [0.15, 0.2) is 48.5 Å². The zero-order valence-corrected chi connectivity index (χ0v) is 15.6. The Kier molecular flexibility index (Phi) is 5.84. The molecule has 6 heteroatoms. The second-order valence-electron chi connectivity index (χ2n) is 6.46. The summed E-state index contributed by atoms with van der Waals surface area (Å²) in [7, 11) is 0. The number of nitrogens with one attached hydrogen (secondary N) is 1. The van der Waals surface area contributed by atoms with Crippen molar-refractivity contribution in [2.24, 2.45) is 0 Å². The second kappa shape index (κ2) is 8.11. The van der Waals surface area contributed by atoms with Gasteiger partial charge in [-0.3, -0.25) is 9.59 Å². The van der Waals surface area contributed by atoms with Gasteiger partial charge in [-0.1, -0.05) is 59.6 Å². The molecule has 0 bridgehead atoms. The molecule has 4 nitrogen and oxygen atoms in total. The van der Waals surface area contributed by atoms with Crippen LogP contribution in [0.4, 0.5) is 0 Å². The molecule has 136 valence electrons. The van der Waals surface area contributed by atoms with Crippen LogP contribution in [0.2, 0.25) is 10.0 Å². The highest BCUT2D eigenvalue weighted by Gasteiger charge is 2.44. The highest BCUT2D eigenvalue weighted by atomic mass is 35.5. The summed E-state index contributed by atoms with van der Waals surface area (Å²) < 4.78 is 5.04. The first-order chi connectivity index (χ1) is 12.5. The molecule has 0 unspecified atom stereocenters. The van der Waals surface area contributed by atoms with Crippen LogP contribution < -0.4 is 5.32 Å². The first-order valence-corrected chi connectivity index (χ1v) is 9.16. The van der Waals surface area contributed by atoms with E-state index < -0.39 is 5.97 Å². The SMILES string of the molecule is O=C(COC(=O)Cc1c(Cl)cccc1Cl)NCC1(c2ccccc2)CC1. The Balaban J connectivity index is 1.45. The third kappa shape index (κ3) is 4.57. The van der Waals surface area contributed by atoms with Crippen LogP contribution in [0, 0.1) is 0 Å².